The molecule has 0 aliphatic rings. The minimum absolute atomic E-state index is 0.141. The van der Waals surface area contributed by atoms with Gasteiger partial charge in [-0.05, 0) is 37.0 Å². The largest absolute Gasteiger partial charge is 0.480 e. The molecule has 1 rings (SSSR count). The standard InChI is InChI=1S/C17H24N2O4/c1-4-8-18-15(20)12-6-5-7-13(10-12)16(21)19-14(17(22)23)9-11(2)3/h5-7,10-11,14H,4,8-9H2,1-3H3,(H,18,20)(H,19,21)(H,22,23)/t14-/m1/s1. The first-order valence-electron chi connectivity index (χ1n) is 7.77. The molecule has 0 aliphatic carbocycles. The first-order chi connectivity index (χ1) is 10.8. The van der Waals surface area contributed by atoms with E-state index < -0.39 is 17.9 Å². The van der Waals surface area contributed by atoms with Crippen LogP contribution in [-0.4, -0.2) is 35.5 Å². The Labute approximate surface area is 136 Å². The molecule has 6 nitrogen and oxygen atoms in total. The van der Waals surface area contributed by atoms with Crippen molar-refractivity contribution in [3.05, 3.63) is 35.4 Å². The van der Waals surface area contributed by atoms with Crippen LogP contribution < -0.4 is 10.6 Å². The molecule has 3 N–H and O–H groups in total. The Morgan fingerprint density at radius 2 is 1.74 bits per heavy atom. The molecule has 0 heterocycles. The predicted octanol–water partition coefficient (Wildman–Crippen LogP) is 2.06. The van der Waals surface area contributed by atoms with Crippen molar-refractivity contribution >= 4 is 17.8 Å². The number of amides is 2. The van der Waals surface area contributed by atoms with Crippen LogP contribution in [0.3, 0.4) is 0 Å². The second-order valence-corrected chi connectivity index (χ2v) is 5.83. The lowest BCUT2D eigenvalue weighted by Gasteiger charge is -2.16. The Bertz CT molecular complexity index is 569. The highest BCUT2D eigenvalue weighted by Crippen LogP contribution is 2.09. The number of carbonyl (C=O) groups is 3. The first-order valence-corrected chi connectivity index (χ1v) is 7.77. The van der Waals surface area contributed by atoms with Crippen molar-refractivity contribution in [2.24, 2.45) is 5.92 Å². The molecule has 1 atom stereocenters. The van der Waals surface area contributed by atoms with Gasteiger partial charge in [-0.3, -0.25) is 9.59 Å². The van der Waals surface area contributed by atoms with Gasteiger partial charge in [0.25, 0.3) is 11.8 Å². The number of nitrogens with one attached hydrogen (secondary N) is 2. The molecule has 1 aromatic carbocycles. The summed E-state index contributed by atoms with van der Waals surface area (Å²) in [7, 11) is 0. The Morgan fingerprint density at radius 1 is 1.13 bits per heavy atom. The lowest BCUT2D eigenvalue weighted by atomic mass is 10.0. The summed E-state index contributed by atoms with van der Waals surface area (Å²) >= 11 is 0. The maximum absolute atomic E-state index is 12.2. The van der Waals surface area contributed by atoms with Crippen LogP contribution in [0.1, 0.15) is 54.3 Å². The summed E-state index contributed by atoms with van der Waals surface area (Å²) in [6.45, 7) is 6.29. The molecule has 1 aromatic rings. The highest BCUT2D eigenvalue weighted by Gasteiger charge is 2.22. The fourth-order valence-corrected chi connectivity index (χ4v) is 2.08. The zero-order valence-corrected chi connectivity index (χ0v) is 13.8. The van der Waals surface area contributed by atoms with E-state index in [1.54, 1.807) is 18.2 Å². The topological polar surface area (TPSA) is 95.5 Å². The van der Waals surface area contributed by atoms with E-state index in [1.165, 1.54) is 6.07 Å². The van der Waals surface area contributed by atoms with E-state index in [0.29, 0.717) is 18.5 Å². The zero-order chi connectivity index (χ0) is 17.4. The Kier molecular flexibility index (Phi) is 7.25. The van der Waals surface area contributed by atoms with Crippen molar-refractivity contribution in [1.29, 1.82) is 0 Å². The number of aliphatic carboxylic acids is 1. The number of carboxylic acid groups (broad SMARTS) is 1. The van der Waals surface area contributed by atoms with Gasteiger partial charge in [-0.2, -0.15) is 0 Å². The molecule has 23 heavy (non-hydrogen) atoms. The van der Waals surface area contributed by atoms with Gasteiger partial charge < -0.3 is 15.7 Å². The third-order valence-corrected chi connectivity index (χ3v) is 3.23. The second kappa shape index (κ2) is 8.92. The summed E-state index contributed by atoms with van der Waals surface area (Å²) in [6, 6.07) is 5.30. The molecule has 0 bridgehead atoms. The average molecular weight is 320 g/mol. The second-order valence-electron chi connectivity index (χ2n) is 5.83. The zero-order valence-electron chi connectivity index (χ0n) is 13.8. The van der Waals surface area contributed by atoms with Crippen molar-refractivity contribution in [2.45, 2.75) is 39.7 Å². The third kappa shape index (κ3) is 6.10. The highest BCUT2D eigenvalue weighted by atomic mass is 16.4. The van der Waals surface area contributed by atoms with Crippen LogP contribution in [0.25, 0.3) is 0 Å². The van der Waals surface area contributed by atoms with Crippen LogP contribution >= 0.6 is 0 Å². The van der Waals surface area contributed by atoms with E-state index in [4.69, 9.17) is 0 Å². The van der Waals surface area contributed by atoms with Gasteiger partial charge in [0.1, 0.15) is 6.04 Å². The monoisotopic (exact) mass is 320 g/mol. The smallest absolute Gasteiger partial charge is 0.326 e. The van der Waals surface area contributed by atoms with Crippen LogP contribution in [0, 0.1) is 5.92 Å². The van der Waals surface area contributed by atoms with Gasteiger partial charge in [0, 0.05) is 17.7 Å². The van der Waals surface area contributed by atoms with Gasteiger partial charge in [-0.1, -0.05) is 26.8 Å². The number of hydrogen-bond acceptors (Lipinski definition) is 3. The van der Waals surface area contributed by atoms with Crippen LogP contribution in [0.4, 0.5) is 0 Å². The molecule has 0 radical (unpaired) electrons. The number of benzene rings is 1. The van der Waals surface area contributed by atoms with Crippen molar-refractivity contribution in [2.75, 3.05) is 6.54 Å². The molecule has 2 amide bonds. The van der Waals surface area contributed by atoms with Gasteiger partial charge in [0.15, 0.2) is 0 Å². The van der Waals surface area contributed by atoms with Gasteiger partial charge in [0.2, 0.25) is 0 Å². The van der Waals surface area contributed by atoms with Crippen molar-refractivity contribution in [3.63, 3.8) is 0 Å². The number of carboxylic acids is 1. The molecular formula is C17H24N2O4. The summed E-state index contributed by atoms with van der Waals surface area (Å²) in [5.74, 6) is -1.67. The van der Waals surface area contributed by atoms with Gasteiger partial charge >= 0.3 is 5.97 Å². The summed E-state index contributed by atoms with van der Waals surface area (Å²) in [4.78, 5) is 35.4. The third-order valence-electron chi connectivity index (χ3n) is 3.23. The predicted molar refractivity (Wildman–Crippen MR) is 87.4 cm³/mol. The summed E-state index contributed by atoms with van der Waals surface area (Å²) in [5, 5.41) is 14.4. The Hall–Kier alpha value is -2.37. The SMILES string of the molecule is CCCNC(=O)c1cccc(C(=O)N[C@H](CC(C)C)C(=O)O)c1. The fourth-order valence-electron chi connectivity index (χ4n) is 2.08. The molecule has 0 unspecified atom stereocenters. The van der Waals surface area contributed by atoms with Crippen molar-refractivity contribution < 1.29 is 19.5 Å². The van der Waals surface area contributed by atoms with Crippen LogP contribution in [0.15, 0.2) is 24.3 Å². The number of carbonyl (C=O) groups excluding carboxylic acids is 2. The van der Waals surface area contributed by atoms with Gasteiger partial charge in [-0.25, -0.2) is 4.79 Å². The lowest BCUT2D eigenvalue weighted by Crippen LogP contribution is -2.41. The lowest BCUT2D eigenvalue weighted by molar-refractivity contribution is -0.139. The molecule has 0 fully saturated rings. The minimum Gasteiger partial charge on any atom is -0.480 e. The Balaban J connectivity index is 2.83. The molecule has 0 saturated heterocycles. The average Bonchev–Trinajstić information content (AvgIpc) is 2.51. The quantitative estimate of drug-likeness (QED) is 0.683. The van der Waals surface area contributed by atoms with E-state index >= 15 is 0 Å². The van der Waals surface area contributed by atoms with E-state index in [0.717, 1.165) is 6.42 Å². The minimum atomic E-state index is -1.07. The molecule has 126 valence electrons. The Morgan fingerprint density at radius 3 is 2.26 bits per heavy atom. The van der Waals surface area contributed by atoms with E-state index in [2.05, 4.69) is 10.6 Å². The van der Waals surface area contributed by atoms with Crippen molar-refractivity contribution in [3.8, 4) is 0 Å². The molecule has 0 saturated carbocycles. The maximum atomic E-state index is 12.2. The summed E-state index contributed by atoms with van der Waals surface area (Å²) < 4.78 is 0. The van der Waals surface area contributed by atoms with Gasteiger partial charge in [0.05, 0.1) is 0 Å². The molecule has 0 aromatic heterocycles. The van der Waals surface area contributed by atoms with Crippen molar-refractivity contribution in [1.82, 2.24) is 10.6 Å². The normalized spacial score (nSPS) is 11.8. The molecule has 0 aliphatic heterocycles. The van der Waals surface area contributed by atoms with Crippen LogP contribution in [0.2, 0.25) is 0 Å². The summed E-state index contributed by atoms with van der Waals surface area (Å²) in [5.41, 5.74) is 0.644. The first kappa shape index (κ1) is 18.7. The van der Waals surface area contributed by atoms with E-state index in [9.17, 15) is 19.5 Å². The number of hydrogen-bond donors (Lipinski definition) is 3. The number of rotatable bonds is 8. The van der Waals surface area contributed by atoms with Crippen LogP contribution in [-0.2, 0) is 4.79 Å². The van der Waals surface area contributed by atoms with Gasteiger partial charge in [-0.15, -0.1) is 0 Å². The maximum Gasteiger partial charge on any atom is 0.326 e. The molecular weight excluding hydrogens is 296 g/mol. The van der Waals surface area contributed by atoms with E-state index in [1.807, 2.05) is 20.8 Å². The molecule has 0 spiro atoms. The van der Waals surface area contributed by atoms with Crippen LogP contribution in [0.5, 0.6) is 0 Å². The van der Waals surface area contributed by atoms with E-state index in [-0.39, 0.29) is 17.4 Å². The highest BCUT2D eigenvalue weighted by molar-refractivity contribution is 6.00. The molecule has 6 heteroatoms. The summed E-state index contributed by atoms with van der Waals surface area (Å²) in [6.07, 6.45) is 1.17. The fraction of sp³-hybridized carbons (Fsp3) is 0.471.